The fourth-order valence-corrected chi connectivity index (χ4v) is 1.67. The Bertz CT molecular complexity index is 394. The highest BCUT2D eigenvalue weighted by Crippen LogP contribution is 2.17. The molecule has 0 aliphatic rings. The van der Waals surface area contributed by atoms with E-state index < -0.39 is 0 Å². The molecule has 1 aromatic carbocycles. The van der Waals surface area contributed by atoms with Crippen molar-refractivity contribution in [3.05, 3.63) is 41.2 Å². The molecule has 0 spiro atoms. The van der Waals surface area contributed by atoms with Gasteiger partial charge in [0.25, 0.3) is 0 Å². The van der Waals surface area contributed by atoms with Crippen LogP contribution in [0.5, 0.6) is 0 Å². The van der Waals surface area contributed by atoms with Gasteiger partial charge in [0.05, 0.1) is 0 Å². The number of nitrogens with one attached hydrogen (secondary N) is 1. The molecule has 0 radical (unpaired) electrons. The molecule has 1 N–H and O–H groups in total. The standard InChI is InChI=1S/C15H22FN/c1-11(2)17-9-5-6-12(3)14-7-8-15(16)13(4)10-14/h6-8,10-11,17H,5,9H2,1-4H3. The maximum Gasteiger partial charge on any atom is 0.126 e. The van der Waals surface area contributed by atoms with Crippen LogP contribution in [0.25, 0.3) is 5.57 Å². The summed E-state index contributed by atoms with van der Waals surface area (Å²) in [5.41, 5.74) is 3.02. The number of benzene rings is 1. The van der Waals surface area contributed by atoms with E-state index in [4.69, 9.17) is 0 Å². The molecule has 0 heterocycles. The molecule has 0 atom stereocenters. The summed E-state index contributed by atoms with van der Waals surface area (Å²) in [5.74, 6) is -0.136. The molecule has 0 aromatic heterocycles. The minimum absolute atomic E-state index is 0.136. The molecule has 0 fully saturated rings. The smallest absolute Gasteiger partial charge is 0.126 e. The molecule has 1 nitrogen and oxygen atoms in total. The summed E-state index contributed by atoms with van der Waals surface area (Å²) in [6.07, 6.45) is 3.20. The Morgan fingerprint density at radius 1 is 1.41 bits per heavy atom. The zero-order chi connectivity index (χ0) is 12.8. The fourth-order valence-electron chi connectivity index (χ4n) is 1.67. The third-order valence-electron chi connectivity index (χ3n) is 2.76. The second-order valence-corrected chi connectivity index (χ2v) is 4.75. The first kappa shape index (κ1) is 13.9. The Balaban J connectivity index is 2.59. The van der Waals surface area contributed by atoms with Crippen LogP contribution in [0.4, 0.5) is 4.39 Å². The zero-order valence-corrected chi connectivity index (χ0v) is 11.2. The first-order chi connectivity index (χ1) is 8.00. The largest absolute Gasteiger partial charge is 0.314 e. The minimum Gasteiger partial charge on any atom is -0.314 e. The average Bonchev–Trinajstić information content (AvgIpc) is 2.27. The number of allylic oxidation sites excluding steroid dienone is 1. The van der Waals surface area contributed by atoms with Crippen LogP contribution < -0.4 is 5.32 Å². The maximum absolute atomic E-state index is 13.1. The highest BCUT2D eigenvalue weighted by atomic mass is 19.1. The Morgan fingerprint density at radius 2 is 2.12 bits per heavy atom. The third-order valence-corrected chi connectivity index (χ3v) is 2.76. The van der Waals surface area contributed by atoms with Gasteiger partial charge < -0.3 is 5.32 Å². The van der Waals surface area contributed by atoms with Crippen LogP contribution in [-0.2, 0) is 0 Å². The molecule has 94 valence electrons. The van der Waals surface area contributed by atoms with Crippen molar-refractivity contribution < 1.29 is 4.39 Å². The van der Waals surface area contributed by atoms with E-state index in [9.17, 15) is 4.39 Å². The maximum atomic E-state index is 13.1. The molecule has 0 saturated carbocycles. The molecule has 0 saturated heterocycles. The van der Waals surface area contributed by atoms with Gasteiger partial charge in [-0.25, -0.2) is 4.39 Å². The van der Waals surface area contributed by atoms with Crippen LogP contribution in [0.3, 0.4) is 0 Å². The molecular formula is C15H22FN. The molecular weight excluding hydrogens is 213 g/mol. The summed E-state index contributed by atoms with van der Waals surface area (Å²) >= 11 is 0. The second-order valence-electron chi connectivity index (χ2n) is 4.75. The van der Waals surface area contributed by atoms with Gasteiger partial charge in [-0.3, -0.25) is 0 Å². The van der Waals surface area contributed by atoms with Crippen molar-refractivity contribution in [1.82, 2.24) is 5.32 Å². The number of aryl methyl sites for hydroxylation is 1. The Labute approximate surface area is 104 Å². The van der Waals surface area contributed by atoms with Crippen molar-refractivity contribution in [2.24, 2.45) is 0 Å². The van der Waals surface area contributed by atoms with Crippen LogP contribution in [0.15, 0.2) is 24.3 Å². The van der Waals surface area contributed by atoms with E-state index in [-0.39, 0.29) is 5.82 Å². The van der Waals surface area contributed by atoms with Gasteiger partial charge in [-0.05, 0) is 55.6 Å². The number of hydrogen-bond donors (Lipinski definition) is 1. The SMILES string of the molecule is CC(=CCCNC(C)C)c1ccc(F)c(C)c1. The van der Waals surface area contributed by atoms with Crippen molar-refractivity contribution in [2.75, 3.05) is 6.54 Å². The molecule has 0 bridgehead atoms. The van der Waals surface area contributed by atoms with Gasteiger partial charge in [0.15, 0.2) is 0 Å². The molecule has 0 aliphatic heterocycles. The third kappa shape index (κ3) is 4.70. The summed E-state index contributed by atoms with van der Waals surface area (Å²) in [5, 5.41) is 3.37. The highest BCUT2D eigenvalue weighted by molar-refractivity contribution is 5.64. The predicted octanol–water partition coefficient (Wildman–Crippen LogP) is 3.93. The summed E-state index contributed by atoms with van der Waals surface area (Å²) in [6, 6.07) is 5.80. The van der Waals surface area contributed by atoms with E-state index >= 15 is 0 Å². The monoisotopic (exact) mass is 235 g/mol. The molecule has 0 amide bonds. The van der Waals surface area contributed by atoms with Gasteiger partial charge in [-0.15, -0.1) is 0 Å². The van der Waals surface area contributed by atoms with Gasteiger partial charge in [0.1, 0.15) is 5.82 Å². The van der Waals surface area contributed by atoms with Crippen molar-refractivity contribution in [3.63, 3.8) is 0 Å². The fraction of sp³-hybridized carbons (Fsp3) is 0.467. The topological polar surface area (TPSA) is 12.0 Å². The van der Waals surface area contributed by atoms with Crippen LogP contribution in [0.2, 0.25) is 0 Å². The lowest BCUT2D eigenvalue weighted by molar-refractivity contribution is 0.595. The van der Waals surface area contributed by atoms with Gasteiger partial charge in [-0.2, -0.15) is 0 Å². The summed E-state index contributed by atoms with van der Waals surface area (Å²) in [6.45, 7) is 9.13. The van der Waals surface area contributed by atoms with E-state index in [1.807, 2.05) is 12.1 Å². The van der Waals surface area contributed by atoms with Crippen molar-refractivity contribution in [3.8, 4) is 0 Å². The lowest BCUT2D eigenvalue weighted by atomic mass is 10.0. The van der Waals surface area contributed by atoms with Crippen LogP contribution in [0.1, 0.15) is 38.3 Å². The van der Waals surface area contributed by atoms with Crippen molar-refractivity contribution >= 4 is 5.57 Å². The van der Waals surface area contributed by atoms with Crippen molar-refractivity contribution in [2.45, 2.75) is 40.2 Å². The molecule has 17 heavy (non-hydrogen) atoms. The summed E-state index contributed by atoms with van der Waals surface area (Å²) in [7, 11) is 0. The van der Waals surface area contributed by atoms with Gasteiger partial charge >= 0.3 is 0 Å². The lowest BCUT2D eigenvalue weighted by Gasteiger charge is -2.07. The lowest BCUT2D eigenvalue weighted by Crippen LogP contribution is -2.23. The minimum atomic E-state index is -0.136. The van der Waals surface area contributed by atoms with Gasteiger partial charge in [0, 0.05) is 6.04 Å². The molecule has 0 unspecified atom stereocenters. The molecule has 1 aromatic rings. The van der Waals surface area contributed by atoms with E-state index in [2.05, 4.69) is 32.2 Å². The molecule has 1 rings (SSSR count). The molecule has 2 heteroatoms. The Kier molecular flexibility index (Phi) is 5.36. The van der Waals surface area contributed by atoms with E-state index in [0.29, 0.717) is 11.6 Å². The van der Waals surface area contributed by atoms with E-state index in [1.54, 1.807) is 6.92 Å². The second kappa shape index (κ2) is 6.55. The van der Waals surface area contributed by atoms with Crippen LogP contribution in [0, 0.1) is 12.7 Å². The van der Waals surface area contributed by atoms with Gasteiger partial charge in [0.2, 0.25) is 0 Å². The van der Waals surface area contributed by atoms with E-state index in [1.165, 1.54) is 11.6 Å². The normalized spacial score (nSPS) is 12.2. The predicted molar refractivity (Wildman–Crippen MR) is 72.5 cm³/mol. The van der Waals surface area contributed by atoms with Crippen LogP contribution in [-0.4, -0.2) is 12.6 Å². The first-order valence-corrected chi connectivity index (χ1v) is 6.17. The Morgan fingerprint density at radius 3 is 2.71 bits per heavy atom. The number of rotatable bonds is 5. The van der Waals surface area contributed by atoms with E-state index in [0.717, 1.165) is 18.5 Å². The zero-order valence-electron chi connectivity index (χ0n) is 11.2. The number of halogens is 1. The van der Waals surface area contributed by atoms with Crippen molar-refractivity contribution in [1.29, 1.82) is 0 Å². The highest BCUT2D eigenvalue weighted by Gasteiger charge is 2.00. The molecule has 0 aliphatic carbocycles. The van der Waals surface area contributed by atoms with Crippen LogP contribution >= 0.6 is 0 Å². The Hall–Kier alpha value is -1.15. The first-order valence-electron chi connectivity index (χ1n) is 6.17. The summed E-state index contributed by atoms with van der Waals surface area (Å²) < 4.78 is 13.1. The summed E-state index contributed by atoms with van der Waals surface area (Å²) in [4.78, 5) is 0. The van der Waals surface area contributed by atoms with Gasteiger partial charge in [-0.1, -0.05) is 26.0 Å². The number of hydrogen-bond acceptors (Lipinski definition) is 1. The average molecular weight is 235 g/mol. The quantitative estimate of drug-likeness (QED) is 0.763.